The Balaban J connectivity index is 3.14. The molecule has 0 aliphatic carbocycles. The number of nitrogens with zero attached hydrogens (tertiary/aromatic N) is 2. The van der Waals surface area contributed by atoms with E-state index in [-0.39, 0.29) is 18.3 Å². The second-order valence-corrected chi connectivity index (χ2v) is 8.23. The molecule has 2 atom stereocenters. The highest BCUT2D eigenvalue weighted by molar-refractivity contribution is 5.90. The number of carbonyl (C=O) groups is 3. The van der Waals surface area contributed by atoms with Gasteiger partial charge in [0.25, 0.3) is 0 Å². The van der Waals surface area contributed by atoms with Crippen LogP contribution in [0.25, 0.3) is 0 Å². The summed E-state index contributed by atoms with van der Waals surface area (Å²) in [6.07, 6.45) is 0.816. The standard InChI is InChI=1S/C22H32N4O5/c1-6-8-15(2)25-20(29)19(16-9-7-10-17(27)13-16)26(12-11-23)18(28)14-24-21(30)31-22(3,4)5/h7,9-10,13,15,19,27H,6,8,12,14H2,1-5H3,(H,24,30)(H,25,29). The van der Waals surface area contributed by atoms with Crippen molar-refractivity contribution >= 4 is 17.9 Å². The van der Waals surface area contributed by atoms with E-state index in [9.17, 15) is 24.8 Å². The molecule has 31 heavy (non-hydrogen) atoms. The van der Waals surface area contributed by atoms with Gasteiger partial charge < -0.3 is 25.4 Å². The Bertz CT molecular complexity index is 813. The van der Waals surface area contributed by atoms with Gasteiger partial charge in [-0.2, -0.15) is 5.26 Å². The zero-order valence-electron chi connectivity index (χ0n) is 18.8. The number of benzene rings is 1. The lowest BCUT2D eigenvalue weighted by atomic mass is 10.0. The molecule has 0 aliphatic heterocycles. The first-order chi connectivity index (χ1) is 14.5. The summed E-state index contributed by atoms with van der Waals surface area (Å²) in [4.78, 5) is 38.9. The van der Waals surface area contributed by atoms with Crippen molar-refractivity contribution in [2.75, 3.05) is 13.1 Å². The quantitative estimate of drug-likeness (QED) is 0.514. The average Bonchev–Trinajstić information content (AvgIpc) is 2.64. The molecule has 0 aliphatic rings. The fraction of sp³-hybridized carbons (Fsp3) is 0.545. The SMILES string of the molecule is CCCC(C)NC(=O)C(c1cccc(O)c1)N(CC#N)C(=O)CNC(=O)OC(C)(C)C. The third-order valence-corrected chi connectivity index (χ3v) is 4.20. The van der Waals surface area contributed by atoms with E-state index in [0.29, 0.717) is 5.56 Å². The molecule has 1 aromatic carbocycles. The lowest BCUT2D eigenvalue weighted by molar-refractivity contribution is -0.139. The minimum absolute atomic E-state index is 0.0758. The number of aromatic hydroxyl groups is 1. The first-order valence-electron chi connectivity index (χ1n) is 10.2. The van der Waals surface area contributed by atoms with Gasteiger partial charge in [-0.3, -0.25) is 9.59 Å². The van der Waals surface area contributed by atoms with E-state index < -0.39 is 36.1 Å². The number of nitrogens with one attached hydrogen (secondary N) is 2. The summed E-state index contributed by atoms with van der Waals surface area (Å²) < 4.78 is 5.12. The van der Waals surface area contributed by atoms with E-state index in [0.717, 1.165) is 17.7 Å². The fourth-order valence-corrected chi connectivity index (χ4v) is 2.96. The van der Waals surface area contributed by atoms with Gasteiger partial charge in [0, 0.05) is 6.04 Å². The Morgan fingerprint density at radius 3 is 2.52 bits per heavy atom. The number of phenols is 1. The largest absolute Gasteiger partial charge is 0.508 e. The summed E-state index contributed by atoms with van der Waals surface area (Å²) in [5.41, 5.74) is -0.388. The monoisotopic (exact) mass is 432 g/mol. The highest BCUT2D eigenvalue weighted by atomic mass is 16.6. The molecular weight excluding hydrogens is 400 g/mol. The maximum Gasteiger partial charge on any atom is 0.408 e. The molecule has 0 bridgehead atoms. The summed E-state index contributed by atoms with van der Waals surface area (Å²) in [5.74, 6) is -1.19. The van der Waals surface area contributed by atoms with Crippen LogP contribution in [0.4, 0.5) is 4.79 Å². The van der Waals surface area contributed by atoms with Crippen LogP contribution >= 0.6 is 0 Å². The number of amides is 3. The average molecular weight is 433 g/mol. The molecule has 0 fully saturated rings. The number of nitriles is 1. The fourth-order valence-electron chi connectivity index (χ4n) is 2.96. The second kappa shape index (κ2) is 11.8. The molecule has 2 unspecified atom stereocenters. The number of alkyl carbamates (subject to hydrolysis) is 1. The Hall–Kier alpha value is -3.28. The molecular formula is C22H32N4O5. The molecule has 3 N–H and O–H groups in total. The highest BCUT2D eigenvalue weighted by Crippen LogP contribution is 2.25. The third kappa shape index (κ3) is 8.95. The molecule has 0 spiro atoms. The number of hydrogen-bond acceptors (Lipinski definition) is 6. The van der Waals surface area contributed by atoms with Crippen LogP contribution in [-0.4, -0.2) is 52.6 Å². The molecule has 0 saturated heterocycles. The van der Waals surface area contributed by atoms with Gasteiger partial charge in [-0.05, 0) is 51.8 Å². The molecule has 0 heterocycles. The molecule has 9 nitrogen and oxygen atoms in total. The van der Waals surface area contributed by atoms with Gasteiger partial charge in [-0.1, -0.05) is 25.5 Å². The predicted octanol–water partition coefficient (Wildman–Crippen LogP) is 2.61. The molecule has 170 valence electrons. The number of phenolic OH excluding ortho intramolecular Hbond substituents is 1. The van der Waals surface area contributed by atoms with E-state index in [2.05, 4.69) is 10.6 Å². The van der Waals surface area contributed by atoms with Crippen LogP contribution in [0.2, 0.25) is 0 Å². The Morgan fingerprint density at radius 2 is 1.97 bits per heavy atom. The third-order valence-electron chi connectivity index (χ3n) is 4.20. The van der Waals surface area contributed by atoms with Crippen LogP contribution < -0.4 is 10.6 Å². The normalized spacial score (nSPS) is 12.8. The van der Waals surface area contributed by atoms with Gasteiger partial charge in [-0.15, -0.1) is 0 Å². The summed E-state index contributed by atoms with van der Waals surface area (Å²) >= 11 is 0. The van der Waals surface area contributed by atoms with Gasteiger partial charge in [0.1, 0.15) is 30.5 Å². The van der Waals surface area contributed by atoms with E-state index in [1.807, 2.05) is 19.9 Å². The van der Waals surface area contributed by atoms with Gasteiger partial charge in [-0.25, -0.2) is 4.79 Å². The zero-order valence-corrected chi connectivity index (χ0v) is 18.8. The highest BCUT2D eigenvalue weighted by Gasteiger charge is 2.32. The number of hydrogen-bond donors (Lipinski definition) is 3. The Morgan fingerprint density at radius 1 is 1.29 bits per heavy atom. The van der Waals surface area contributed by atoms with Crippen molar-refractivity contribution in [3.8, 4) is 11.8 Å². The maximum atomic E-state index is 13.1. The Labute approximate surface area is 183 Å². The second-order valence-electron chi connectivity index (χ2n) is 8.23. The first-order valence-corrected chi connectivity index (χ1v) is 10.2. The molecule has 3 amide bonds. The summed E-state index contributed by atoms with van der Waals surface area (Å²) in [6, 6.07) is 6.55. The lowest BCUT2D eigenvalue weighted by Gasteiger charge is -2.30. The van der Waals surface area contributed by atoms with E-state index in [4.69, 9.17) is 4.74 Å². The van der Waals surface area contributed by atoms with Crippen LogP contribution in [0.3, 0.4) is 0 Å². The van der Waals surface area contributed by atoms with Crippen LogP contribution in [0, 0.1) is 11.3 Å². The van der Waals surface area contributed by atoms with Gasteiger partial charge in [0.2, 0.25) is 11.8 Å². The topological polar surface area (TPSA) is 132 Å². The van der Waals surface area contributed by atoms with E-state index in [1.54, 1.807) is 32.9 Å². The first kappa shape index (κ1) is 25.8. The minimum Gasteiger partial charge on any atom is -0.508 e. The Kier molecular flexibility index (Phi) is 9.80. The molecule has 0 aromatic heterocycles. The zero-order chi connectivity index (χ0) is 23.6. The maximum absolute atomic E-state index is 13.1. The predicted molar refractivity (Wildman–Crippen MR) is 115 cm³/mol. The number of ether oxygens (including phenoxy) is 1. The van der Waals surface area contributed by atoms with Crippen molar-refractivity contribution in [3.05, 3.63) is 29.8 Å². The molecule has 9 heteroatoms. The van der Waals surface area contributed by atoms with Crippen molar-refractivity contribution < 1.29 is 24.2 Å². The van der Waals surface area contributed by atoms with Crippen molar-refractivity contribution in [1.82, 2.24) is 15.5 Å². The number of rotatable bonds is 9. The minimum atomic E-state index is -1.15. The van der Waals surface area contributed by atoms with Crippen LogP contribution in [0.5, 0.6) is 5.75 Å². The lowest BCUT2D eigenvalue weighted by Crippen LogP contribution is -2.49. The molecule has 0 radical (unpaired) electrons. The smallest absolute Gasteiger partial charge is 0.408 e. The van der Waals surface area contributed by atoms with Crippen LogP contribution in [0.1, 0.15) is 59.1 Å². The van der Waals surface area contributed by atoms with Gasteiger partial charge in [0.15, 0.2) is 0 Å². The van der Waals surface area contributed by atoms with Crippen LogP contribution in [-0.2, 0) is 14.3 Å². The van der Waals surface area contributed by atoms with Gasteiger partial charge in [0.05, 0.1) is 6.07 Å². The van der Waals surface area contributed by atoms with Crippen LogP contribution in [0.15, 0.2) is 24.3 Å². The van der Waals surface area contributed by atoms with Crippen molar-refractivity contribution in [2.45, 2.75) is 65.1 Å². The molecule has 1 aromatic rings. The summed E-state index contributed by atoms with van der Waals surface area (Å²) in [7, 11) is 0. The molecule has 0 saturated carbocycles. The summed E-state index contributed by atoms with van der Waals surface area (Å²) in [6.45, 7) is 8.07. The van der Waals surface area contributed by atoms with Crippen molar-refractivity contribution in [3.63, 3.8) is 0 Å². The van der Waals surface area contributed by atoms with Crippen molar-refractivity contribution in [1.29, 1.82) is 5.26 Å². The number of carbonyl (C=O) groups excluding carboxylic acids is 3. The van der Waals surface area contributed by atoms with E-state index in [1.165, 1.54) is 12.1 Å². The molecule has 1 rings (SSSR count). The van der Waals surface area contributed by atoms with E-state index >= 15 is 0 Å². The summed E-state index contributed by atoms with van der Waals surface area (Å²) in [5, 5.41) is 24.4. The van der Waals surface area contributed by atoms with Gasteiger partial charge >= 0.3 is 6.09 Å². The van der Waals surface area contributed by atoms with Crippen molar-refractivity contribution in [2.24, 2.45) is 0 Å².